The van der Waals surface area contributed by atoms with Gasteiger partial charge in [-0.15, -0.1) is 0 Å². The molecule has 0 heterocycles. The molecule has 2 heteroatoms. The second-order valence-electron chi connectivity index (χ2n) is 6.83. The van der Waals surface area contributed by atoms with Gasteiger partial charge in [-0.25, -0.2) is 4.39 Å². The lowest BCUT2D eigenvalue weighted by molar-refractivity contribution is 0.351. The van der Waals surface area contributed by atoms with Gasteiger partial charge in [0.25, 0.3) is 0 Å². The molecule has 1 aliphatic carbocycles. The Labute approximate surface area is 116 Å². The highest BCUT2D eigenvalue weighted by Crippen LogP contribution is 2.37. The first-order valence-electron chi connectivity index (χ1n) is 7.46. The van der Waals surface area contributed by atoms with Crippen LogP contribution in [-0.2, 0) is 0 Å². The fourth-order valence-corrected chi connectivity index (χ4v) is 3.04. The summed E-state index contributed by atoms with van der Waals surface area (Å²) in [5.74, 6) is 1.13. The maximum absolute atomic E-state index is 13.1. The zero-order chi connectivity index (χ0) is 13.9. The third-order valence-corrected chi connectivity index (χ3v) is 4.12. The second-order valence-corrected chi connectivity index (χ2v) is 6.83. The molecule has 19 heavy (non-hydrogen) atoms. The number of nitrogens with one attached hydrogen (secondary N) is 1. The predicted octanol–water partition coefficient (Wildman–Crippen LogP) is 4.49. The van der Waals surface area contributed by atoms with Crippen molar-refractivity contribution in [2.45, 2.75) is 57.9 Å². The largest absolute Gasteiger partial charge is 0.311 e. The normalized spacial score (nSPS) is 18.7. The first-order valence-corrected chi connectivity index (χ1v) is 7.46. The monoisotopic (exact) mass is 263 g/mol. The van der Waals surface area contributed by atoms with Crippen molar-refractivity contribution in [1.82, 2.24) is 5.32 Å². The van der Waals surface area contributed by atoms with E-state index in [2.05, 4.69) is 26.1 Å². The van der Waals surface area contributed by atoms with Crippen LogP contribution >= 0.6 is 0 Å². The van der Waals surface area contributed by atoms with E-state index in [1.165, 1.54) is 31.2 Å². The highest BCUT2D eigenvalue weighted by Gasteiger charge is 2.27. The molecule has 2 rings (SSSR count). The van der Waals surface area contributed by atoms with Gasteiger partial charge in [0, 0.05) is 12.1 Å². The molecular weight excluding hydrogens is 237 g/mol. The Morgan fingerprint density at radius 1 is 1.16 bits per heavy atom. The van der Waals surface area contributed by atoms with Crippen LogP contribution in [-0.4, -0.2) is 12.1 Å². The first-order chi connectivity index (χ1) is 8.96. The molecule has 1 N–H and O–H groups in total. The zero-order valence-electron chi connectivity index (χ0n) is 12.4. The molecule has 0 amide bonds. The van der Waals surface area contributed by atoms with E-state index in [0.717, 1.165) is 12.5 Å². The van der Waals surface area contributed by atoms with Crippen molar-refractivity contribution in [2.75, 3.05) is 6.54 Å². The number of halogens is 1. The lowest BCUT2D eigenvalue weighted by Crippen LogP contribution is -2.39. The summed E-state index contributed by atoms with van der Waals surface area (Å²) < 4.78 is 13.1. The van der Waals surface area contributed by atoms with E-state index in [0.29, 0.717) is 5.92 Å². The number of hydrogen-bond donors (Lipinski definition) is 1. The Kier molecular flexibility index (Phi) is 4.62. The number of benzene rings is 1. The van der Waals surface area contributed by atoms with E-state index in [1.54, 1.807) is 12.1 Å². The van der Waals surface area contributed by atoms with Gasteiger partial charge in [-0.3, -0.25) is 0 Å². The molecular formula is C17H26FN. The molecule has 1 fully saturated rings. The van der Waals surface area contributed by atoms with E-state index < -0.39 is 0 Å². The Morgan fingerprint density at radius 2 is 1.74 bits per heavy atom. The van der Waals surface area contributed by atoms with Gasteiger partial charge < -0.3 is 5.32 Å². The molecule has 0 spiro atoms. The molecule has 1 saturated carbocycles. The molecule has 1 aliphatic rings. The van der Waals surface area contributed by atoms with E-state index in [9.17, 15) is 4.39 Å². The van der Waals surface area contributed by atoms with Crippen molar-refractivity contribution in [2.24, 2.45) is 5.92 Å². The fourth-order valence-electron chi connectivity index (χ4n) is 3.04. The molecule has 1 atom stereocenters. The minimum Gasteiger partial charge on any atom is -0.311 e. The van der Waals surface area contributed by atoms with Crippen LogP contribution in [0.15, 0.2) is 24.3 Å². The lowest BCUT2D eigenvalue weighted by atomic mass is 9.84. The van der Waals surface area contributed by atoms with Crippen LogP contribution in [0.25, 0.3) is 0 Å². The summed E-state index contributed by atoms with van der Waals surface area (Å²) in [7, 11) is 0. The summed E-state index contributed by atoms with van der Waals surface area (Å²) in [6.07, 6.45) is 5.32. The fraction of sp³-hybridized carbons (Fsp3) is 0.647. The second kappa shape index (κ2) is 6.04. The molecule has 0 radical (unpaired) electrons. The van der Waals surface area contributed by atoms with E-state index in [4.69, 9.17) is 0 Å². The SMILES string of the molecule is CC(C)(C)NCC(c1ccc(F)cc1)C1CCCC1. The molecule has 106 valence electrons. The van der Waals surface area contributed by atoms with Crippen molar-refractivity contribution >= 4 is 0 Å². The van der Waals surface area contributed by atoms with E-state index in [-0.39, 0.29) is 11.4 Å². The van der Waals surface area contributed by atoms with Gasteiger partial charge in [0.1, 0.15) is 5.82 Å². The highest BCUT2D eigenvalue weighted by molar-refractivity contribution is 5.22. The average molecular weight is 263 g/mol. The summed E-state index contributed by atoms with van der Waals surface area (Å²) in [5, 5.41) is 3.62. The topological polar surface area (TPSA) is 12.0 Å². The molecule has 0 aromatic heterocycles. The summed E-state index contributed by atoms with van der Waals surface area (Å²) in [6.45, 7) is 7.58. The molecule has 1 nitrogen and oxygen atoms in total. The maximum atomic E-state index is 13.1. The van der Waals surface area contributed by atoms with Crippen LogP contribution in [0.1, 0.15) is 57.9 Å². The van der Waals surface area contributed by atoms with Gasteiger partial charge in [0.15, 0.2) is 0 Å². The molecule has 1 unspecified atom stereocenters. The average Bonchev–Trinajstić information content (AvgIpc) is 2.84. The van der Waals surface area contributed by atoms with Gasteiger partial charge in [-0.2, -0.15) is 0 Å². The van der Waals surface area contributed by atoms with E-state index in [1.807, 2.05) is 12.1 Å². The van der Waals surface area contributed by atoms with Crippen LogP contribution in [0, 0.1) is 11.7 Å². The highest BCUT2D eigenvalue weighted by atomic mass is 19.1. The quantitative estimate of drug-likeness (QED) is 0.844. The number of hydrogen-bond acceptors (Lipinski definition) is 1. The summed E-state index contributed by atoms with van der Waals surface area (Å²) >= 11 is 0. The van der Waals surface area contributed by atoms with Crippen molar-refractivity contribution in [3.8, 4) is 0 Å². The van der Waals surface area contributed by atoms with Crippen molar-refractivity contribution < 1.29 is 4.39 Å². The van der Waals surface area contributed by atoms with E-state index >= 15 is 0 Å². The Balaban J connectivity index is 2.11. The first kappa shape index (κ1) is 14.5. The molecule has 0 bridgehead atoms. The molecule has 0 saturated heterocycles. The van der Waals surface area contributed by atoms with Gasteiger partial charge in [-0.1, -0.05) is 25.0 Å². The maximum Gasteiger partial charge on any atom is 0.123 e. The molecule has 1 aromatic carbocycles. The number of rotatable bonds is 4. The van der Waals surface area contributed by atoms with Crippen LogP contribution in [0.3, 0.4) is 0 Å². The third-order valence-electron chi connectivity index (χ3n) is 4.12. The zero-order valence-corrected chi connectivity index (χ0v) is 12.4. The smallest absolute Gasteiger partial charge is 0.123 e. The standard InChI is InChI=1S/C17H26FN/c1-17(2,3)19-12-16(13-6-4-5-7-13)14-8-10-15(18)11-9-14/h8-11,13,16,19H,4-7,12H2,1-3H3. The molecule has 1 aromatic rings. The minimum atomic E-state index is -0.141. The third kappa shape index (κ3) is 4.31. The van der Waals surface area contributed by atoms with Gasteiger partial charge >= 0.3 is 0 Å². The predicted molar refractivity (Wildman–Crippen MR) is 78.9 cm³/mol. The Bertz CT molecular complexity index is 385. The summed E-state index contributed by atoms with van der Waals surface area (Å²) in [5.41, 5.74) is 1.42. The van der Waals surface area contributed by atoms with Crippen molar-refractivity contribution in [3.05, 3.63) is 35.6 Å². The van der Waals surface area contributed by atoms with Crippen LogP contribution < -0.4 is 5.32 Å². The Hall–Kier alpha value is -0.890. The Morgan fingerprint density at radius 3 is 2.26 bits per heavy atom. The van der Waals surface area contributed by atoms with Crippen molar-refractivity contribution in [1.29, 1.82) is 0 Å². The van der Waals surface area contributed by atoms with Gasteiger partial charge in [0.05, 0.1) is 0 Å². The van der Waals surface area contributed by atoms with Crippen LogP contribution in [0.2, 0.25) is 0 Å². The van der Waals surface area contributed by atoms with Gasteiger partial charge in [-0.05, 0) is 63.1 Å². The summed E-state index contributed by atoms with van der Waals surface area (Å²) in [4.78, 5) is 0. The van der Waals surface area contributed by atoms with Crippen LogP contribution in [0.4, 0.5) is 4.39 Å². The molecule has 0 aliphatic heterocycles. The summed E-state index contributed by atoms with van der Waals surface area (Å²) in [6, 6.07) is 7.11. The van der Waals surface area contributed by atoms with Crippen LogP contribution in [0.5, 0.6) is 0 Å². The lowest BCUT2D eigenvalue weighted by Gasteiger charge is -2.29. The minimum absolute atomic E-state index is 0.136. The van der Waals surface area contributed by atoms with Gasteiger partial charge in [0.2, 0.25) is 0 Å². The van der Waals surface area contributed by atoms with Crippen molar-refractivity contribution in [3.63, 3.8) is 0 Å².